The summed E-state index contributed by atoms with van der Waals surface area (Å²) in [6.45, 7) is 5.47. The second kappa shape index (κ2) is 8.67. The summed E-state index contributed by atoms with van der Waals surface area (Å²) in [6.07, 6.45) is -0.934. The van der Waals surface area contributed by atoms with Gasteiger partial charge in [-0.2, -0.15) is 0 Å². The summed E-state index contributed by atoms with van der Waals surface area (Å²) < 4.78 is 18.0. The maximum absolute atomic E-state index is 12.8. The lowest BCUT2D eigenvalue weighted by Gasteiger charge is -2.14. The lowest BCUT2D eigenvalue weighted by atomic mass is 10.2. The number of halogens is 1. The van der Waals surface area contributed by atoms with E-state index in [1.54, 1.807) is 0 Å². The van der Waals surface area contributed by atoms with Gasteiger partial charge in [0.05, 0.1) is 5.75 Å². The molecule has 2 rings (SSSR count). The molecule has 0 fully saturated rings. The molecule has 0 bridgehead atoms. The third kappa shape index (κ3) is 5.90. The van der Waals surface area contributed by atoms with E-state index in [0.717, 1.165) is 16.0 Å². The van der Waals surface area contributed by atoms with Crippen LogP contribution in [0.2, 0.25) is 0 Å². The van der Waals surface area contributed by atoms with Gasteiger partial charge in [-0.05, 0) is 56.7 Å². The van der Waals surface area contributed by atoms with Gasteiger partial charge < -0.3 is 10.1 Å². The summed E-state index contributed by atoms with van der Waals surface area (Å²) in [7, 11) is 0. The molecule has 4 nitrogen and oxygen atoms in total. The highest BCUT2D eigenvalue weighted by Gasteiger charge is 2.18. The number of carbonyl (C=O) groups is 2. The van der Waals surface area contributed by atoms with E-state index in [1.165, 1.54) is 43.0 Å². The van der Waals surface area contributed by atoms with Crippen LogP contribution in [-0.4, -0.2) is 23.7 Å². The van der Waals surface area contributed by atoms with E-state index >= 15 is 0 Å². The summed E-state index contributed by atoms with van der Waals surface area (Å²) in [5, 5.41) is 2.58. The molecule has 0 aliphatic carbocycles. The molecule has 0 radical (unpaired) electrons. The first-order chi connectivity index (χ1) is 11.8. The number of anilines is 1. The molecule has 0 saturated carbocycles. The smallest absolute Gasteiger partial charge is 0.317 e. The lowest BCUT2D eigenvalue weighted by Crippen LogP contribution is -2.30. The molecule has 1 atom stereocenters. The molecule has 0 saturated heterocycles. The molecule has 25 heavy (non-hydrogen) atoms. The van der Waals surface area contributed by atoms with Gasteiger partial charge in [0.25, 0.3) is 5.91 Å². The number of hydrogen-bond acceptors (Lipinski definition) is 4. The SMILES string of the molecule is Cc1ccc(C)c(SCC(=O)O[C@H](C)C(=O)Nc2ccc(F)cc2)c1. The van der Waals surface area contributed by atoms with Gasteiger partial charge in [-0.3, -0.25) is 9.59 Å². The predicted octanol–water partition coefficient (Wildman–Crippen LogP) is 4.11. The van der Waals surface area contributed by atoms with Gasteiger partial charge in [-0.15, -0.1) is 11.8 Å². The number of aryl methyl sites for hydroxylation is 2. The topological polar surface area (TPSA) is 55.4 Å². The van der Waals surface area contributed by atoms with Crippen molar-refractivity contribution in [3.63, 3.8) is 0 Å². The second-order valence-corrected chi connectivity index (χ2v) is 6.70. The lowest BCUT2D eigenvalue weighted by molar-refractivity contribution is -0.150. The molecule has 0 aliphatic heterocycles. The highest BCUT2D eigenvalue weighted by atomic mass is 32.2. The monoisotopic (exact) mass is 361 g/mol. The number of thioether (sulfide) groups is 1. The predicted molar refractivity (Wildman–Crippen MR) is 97.2 cm³/mol. The zero-order valence-corrected chi connectivity index (χ0v) is 15.2. The van der Waals surface area contributed by atoms with Crippen LogP contribution in [0, 0.1) is 19.7 Å². The van der Waals surface area contributed by atoms with E-state index in [4.69, 9.17) is 4.74 Å². The molecule has 0 unspecified atom stereocenters. The Morgan fingerprint density at radius 3 is 2.52 bits per heavy atom. The largest absolute Gasteiger partial charge is 0.452 e. The Morgan fingerprint density at radius 1 is 1.16 bits per heavy atom. The number of rotatable bonds is 6. The standard InChI is InChI=1S/C19H20FNO3S/c1-12-4-5-13(2)17(10-12)25-11-18(22)24-14(3)19(23)21-16-8-6-15(20)7-9-16/h4-10,14H,11H2,1-3H3,(H,21,23)/t14-/m1/s1. The van der Waals surface area contributed by atoms with E-state index in [9.17, 15) is 14.0 Å². The van der Waals surface area contributed by atoms with Crippen molar-refractivity contribution in [3.8, 4) is 0 Å². The van der Waals surface area contributed by atoms with Crippen LogP contribution in [0.5, 0.6) is 0 Å². The van der Waals surface area contributed by atoms with Gasteiger partial charge in [0.1, 0.15) is 5.82 Å². The fourth-order valence-electron chi connectivity index (χ4n) is 2.06. The molecule has 1 N–H and O–H groups in total. The summed E-state index contributed by atoms with van der Waals surface area (Å²) >= 11 is 1.38. The van der Waals surface area contributed by atoms with E-state index in [0.29, 0.717) is 5.69 Å². The van der Waals surface area contributed by atoms with Crippen molar-refractivity contribution in [3.05, 3.63) is 59.4 Å². The fraction of sp³-hybridized carbons (Fsp3) is 0.263. The van der Waals surface area contributed by atoms with Gasteiger partial charge in [0.2, 0.25) is 0 Å². The van der Waals surface area contributed by atoms with Gasteiger partial charge >= 0.3 is 5.97 Å². The fourth-order valence-corrected chi connectivity index (χ4v) is 2.97. The number of nitrogens with one attached hydrogen (secondary N) is 1. The average molecular weight is 361 g/mol. The van der Waals surface area contributed by atoms with Crippen molar-refractivity contribution in [2.45, 2.75) is 31.8 Å². The van der Waals surface area contributed by atoms with Crippen molar-refractivity contribution >= 4 is 29.3 Å². The van der Waals surface area contributed by atoms with Gasteiger partial charge in [0, 0.05) is 10.6 Å². The van der Waals surface area contributed by atoms with Crippen molar-refractivity contribution in [2.75, 3.05) is 11.1 Å². The van der Waals surface area contributed by atoms with E-state index in [-0.39, 0.29) is 11.6 Å². The summed E-state index contributed by atoms with van der Waals surface area (Å²) in [5.74, 6) is -1.19. The van der Waals surface area contributed by atoms with Gasteiger partial charge in [-0.25, -0.2) is 4.39 Å². The number of amides is 1. The Balaban J connectivity index is 1.83. The quantitative estimate of drug-likeness (QED) is 0.622. The van der Waals surface area contributed by atoms with Crippen LogP contribution in [0.4, 0.5) is 10.1 Å². The van der Waals surface area contributed by atoms with Gasteiger partial charge in [-0.1, -0.05) is 17.7 Å². The Kier molecular flexibility index (Phi) is 6.58. The average Bonchev–Trinajstić information content (AvgIpc) is 2.57. The van der Waals surface area contributed by atoms with Crippen molar-refractivity contribution in [1.29, 1.82) is 0 Å². The highest BCUT2D eigenvalue weighted by Crippen LogP contribution is 2.23. The molecule has 6 heteroatoms. The molecule has 0 aromatic heterocycles. The first-order valence-corrected chi connectivity index (χ1v) is 8.79. The summed E-state index contributed by atoms with van der Waals surface area (Å²) in [4.78, 5) is 25.0. The molecule has 2 aromatic rings. The first kappa shape index (κ1) is 19.0. The molecular weight excluding hydrogens is 341 g/mol. The van der Waals surface area contributed by atoms with E-state index in [1.807, 2.05) is 32.0 Å². The third-order valence-corrected chi connectivity index (χ3v) is 4.61. The highest BCUT2D eigenvalue weighted by molar-refractivity contribution is 8.00. The molecular formula is C19H20FNO3S. The molecule has 132 valence electrons. The zero-order valence-electron chi connectivity index (χ0n) is 14.3. The van der Waals surface area contributed by atoms with Crippen LogP contribution >= 0.6 is 11.8 Å². The van der Waals surface area contributed by atoms with Crippen molar-refractivity contribution in [2.24, 2.45) is 0 Å². The first-order valence-electron chi connectivity index (χ1n) is 7.81. The maximum Gasteiger partial charge on any atom is 0.317 e. The number of benzene rings is 2. The van der Waals surface area contributed by atoms with Crippen LogP contribution in [0.3, 0.4) is 0 Å². The maximum atomic E-state index is 12.8. The van der Waals surface area contributed by atoms with Crippen LogP contribution in [0.25, 0.3) is 0 Å². The molecule has 0 spiro atoms. The molecule has 1 amide bonds. The number of esters is 1. The molecule has 0 aliphatic rings. The summed E-state index contributed by atoms with van der Waals surface area (Å²) in [5.41, 5.74) is 2.65. The van der Waals surface area contributed by atoms with Crippen LogP contribution in [0.1, 0.15) is 18.1 Å². The second-order valence-electron chi connectivity index (χ2n) is 5.69. The van der Waals surface area contributed by atoms with E-state index < -0.39 is 18.0 Å². The number of carbonyl (C=O) groups excluding carboxylic acids is 2. The third-order valence-electron chi connectivity index (χ3n) is 3.48. The van der Waals surface area contributed by atoms with Gasteiger partial charge in [0.15, 0.2) is 6.10 Å². The number of ether oxygens (including phenoxy) is 1. The molecule has 0 heterocycles. The van der Waals surface area contributed by atoms with Crippen LogP contribution in [0.15, 0.2) is 47.4 Å². The van der Waals surface area contributed by atoms with Crippen LogP contribution in [-0.2, 0) is 14.3 Å². The molecule has 2 aromatic carbocycles. The Bertz CT molecular complexity index is 762. The Morgan fingerprint density at radius 2 is 1.84 bits per heavy atom. The normalized spacial score (nSPS) is 11.7. The summed E-state index contributed by atoms with van der Waals surface area (Å²) in [6, 6.07) is 11.4. The zero-order chi connectivity index (χ0) is 18.4. The minimum absolute atomic E-state index is 0.123. The minimum atomic E-state index is -0.934. The minimum Gasteiger partial charge on any atom is -0.452 e. The Hall–Kier alpha value is -2.34. The Labute approximate surface area is 150 Å². The van der Waals surface area contributed by atoms with Crippen LogP contribution < -0.4 is 5.32 Å². The van der Waals surface area contributed by atoms with E-state index in [2.05, 4.69) is 5.32 Å². The van der Waals surface area contributed by atoms with Crippen molar-refractivity contribution < 1.29 is 18.7 Å². The number of hydrogen-bond donors (Lipinski definition) is 1. The van der Waals surface area contributed by atoms with Crippen molar-refractivity contribution in [1.82, 2.24) is 0 Å².